The lowest BCUT2D eigenvalue weighted by Crippen LogP contribution is -2.42. The third kappa shape index (κ3) is 4.91. The van der Waals surface area contributed by atoms with Gasteiger partial charge in [-0.15, -0.1) is 11.3 Å². The van der Waals surface area contributed by atoms with Gasteiger partial charge in [-0.1, -0.05) is 36.4 Å². The fourth-order valence-corrected chi connectivity index (χ4v) is 4.95. The van der Waals surface area contributed by atoms with Gasteiger partial charge in [0.05, 0.1) is 13.2 Å². The largest absolute Gasteiger partial charge is 0.370 e. The van der Waals surface area contributed by atoms with Crippen molar-refractivity contribution in [2.45, 2.75) is 23.2 Å². The molecule has 8 heteroatoms. The number of carbonyl (C=O) groups excluding carboxylic acids is 1. The van der Waals surface area contributed by atoms with Crippen LogP contribution in [0.15, 0.2) is 52.1 Å². The molecule has 1 aliphatic heterocycles. The van der Waals surface area contributed by atoms with Gasteiger partial charge in [0.2, 0.25) is 15.9 Å². The first-order valence-corrected chi connectivity index (χ1v) is 10.9. The summed E-state index contributed by atoms with van der Waals surface area (Å²) in [5.41, 5.74) is 1.06. The molecule has 1 fully saturated rings. The molecule has 1 aromatic carbocycles. The Morgan fingerprint density at radius 3 is 2.77 bits per heavy atom. The second kappa shape index (κ2) is 8.77. The Bertz CT molecular complexity index is 807. The summed E-state index contributed by atoms with van der Waals surface area (Å²) in [5.74, 6) is 0.0320. The number of hydrogen-bond donors (Lipinski definition) is 1. The van der Waals surface area contributed by atoms with Crippen molar-refractivity contribution in [2.75, 3.05) is 26.2 Å². The molecule has 140 valence electrons. The number of ether oxygens (including phenoxy) is 1. The highest BCUT2D eigenvalue weighted by Crippen LogP contribution is 2.22. The van der Waals surface area contributed by atoms with Crippen LogP contribution in [0, 0.1) is 0 Å². The van der Waals surface area contributed by atoms with Crippen LogP contribution in [-0.2, 0) is 19.6 Å². The number of morpholine rings is 1. The number of benzene rings is 1. The summed E-state index contributed by atoms with van der Waals surface area (Å²) in [6, 6.07) is 13.1. The Balaban J connectivity index is 1.45. The van der Waals surface area contributed by atoms with Gasteiger partial charge in [0.15, 0.2) is 0 Å². The lowest BCUT2D eigenvalue weighted by molar-refractivity contribution is -0.139. The second-order valence-electron chi connectivity index (χ2n) is 6.04. The van der Waals surface area contributed by atoms with E-state index < -0.39 is 10.0 Å². The summed E-state index contributed by atoms with van der Waals surface area (Å²) < 4.78 is 32.7. The molecule has 0 radical (unpaired) electrons. The van der Waals surface area contributed by atoms with Crippen molar-refractivity contribution in [2.24, 2.45) is 0 Å². The average molecular weight is 395 g/mol. The lowest BCUT2D eigenvalue weighted by Gasteiger charge is -2.33. The molecule has 2 heterocycles. The number of sulfonamides is 1. The molecule has 1 atom stereocenters. The third-order valence-corrected chi connectivity index (χ3v) is 7.07. The van der Waals surface area contributed by atoms with E-state index in [0.29, 0.717) is 36.7 Å². The average Bonchev–Trinajstić information content (AvgIpc) is 3.22. The summed E-state index contributed by atoms with van der Waals surface area (Å²) in [6.07, 6.45) is 0.678. The zero-order chi connectivity index (χ0) is 18.4. The Hall–Kier alpha value is -1.74. The second-order valence-corrected chi connectivity index (χ2v) is 8.98. The van der Waals surface area contributed by atoms with Gasteiger partial charge in [-0.05, 0) is 23.4 Å². The zero-order valence-corrected chi connectivity index (χ0v) is 16.0. The Morgan fingerprint density at radius 2 is 2.04 bits per heavy atom. The molecule has 1 N–H and O–H groups in total. The van der Waals surface area contributed by atoms with Crippen molar-refractivity contribution in [1.82, 2.24) is 9.62 Å². The molecule has 3 rings (SSSR count). The molecule has 0 saturated carbocycles. The fourth-order valence-electron chi connectivity index (χ4n) is 2.84. The summed E-state index contributed by atoms with van der Waals surface area (Å²) in [5, 5.41) is 1.72. The minimum absolute atomic E-state index is 0.0320. The number of carbonyl (C=O) groups is 1. The van der Waals surface area contributed by atoms with Gasteiger partial charge in [-0.25, -0.2) is 13.1 Å². The quantitative estimate of drug-likeness (QED) is 0.732. The topological polar surface area (TPSA) is 75.7 Å². The highest BCUT2D eigenvalue weighted by molar-refractivity contribution is 7.91. The molecule has 1 amide bonds. The summed E-state index contributed by atoms with van der Waals surface area (Å²) in [4.78, 5) is 14.2. The van der Waals surface area contributed by atoms with Crippen molar-refractivity contribution in [3.05, 3.63) is 53.4 Å². The van der Waals surface area contributed by atoms with E-state index in [0.717, 1.165) is 5.56 Å². The lowest BCUT2D eigenvalue weighted by atomic mass is 10.1. The Labute approximate surface area is 157 Å². The zero-order valence-electron chi connectivity index (χ0n) is 14.3. The molecule has 1 aromatic heterocycles. The number of nitrogens with one attached hydrogen (secondary N) is 1. The van der Waals surface area contributed by atoms with Gasteiger partial charge in [0.1, 0.15) is 10.3 Å². The molecular weight excluding hydrogens is 372 g/mol. The van der Waals surface area contributed by atoms with Crippen LogP contribution < -0.4 is 4.72 Å². The smallest absolute Gasteiger partial charge is 0.250 e. The summed E-state index contributed by atoms with van der Waals surface area (Å²) in [7, 11) is -3.46. The van der Waals surface area contributed by atoms with E-state index in [9.17, 15) is 13.2 Å². The van der Waals surface area contributed by atoms with E-state index in [1.807, 2.05) is 30.3 Å². The van der Waals surface area contributed by atoms with E-state index in [1.54, 1.807) is 22.4 Å². The minimum Gasteiger partial charge on any atom is -0.370 e. The molecule has 1 saturated heterocycles. The van der Waals surface area contributed by atoms with Crippen LogP contribution in [-0.4, -0.2) is 45.5 Å². The van der Waals surface area contributed by atoms with E-state index in [-0.39, 0.29) is 18.6 Å². The first-order chi connectivity index (χ1) is 12.6. The molecule has 0 spiro atoms. The van der Waals surface area contributed by atoms with Crippen molar-refractivity contribution >= 4 is 27.3 Å². The first-order valence-electron chi connectivity index (χ1n) is 8.54. The molecular formula is C18H22N2O4S2. The standard InChI is InChI=1S/C18H22N2O4S2/c21-17(8-4-10-19-26(22,23)18-9-5-13-25-18)20-11-12-24-16(14-20)15-6-2-1-3-7-15/h1-3,5-7,9,13,16,19H,4,8,10-12,14H2. The van der Waals surface area contributed by atoms with E-state index in [4.69, 9.17) is 4.74 Å². The van der Waals surface area contributed by atoms with Crippen LogP contribution in [0.25, 0.3) is 0 Å². The predicted octanol–water partition coefficient (Wildman–Crippen LogP) is 2.41. The predicted molar refractivity (Wildman–Crippen MR) is 100 cm³/mol. The minimum atomic E-state index is -3.46. The highest BCUT2D eigenvalue weighted by Gasteiger charge is 2.25. The van der Waals surface area contributed by atoms with Crippen molar-refractivity contribution in [3.8, 4) is 0 Å². The fraction of sp³-hybridized carbons (Fsp3) is 0.389. The Morgan fingerprint density at radius 1 is 1.23 bits per heavy atom. The molecule has 1 unspecified atom stereocenters. The molecule has 6 nitrogen and oxygen atoms in total. The summed E-state index contributed by atoms with van der Waals surface area (Å²) in [6.45, 7) is 1.86. The third-order valence-electron chi connectivity index (χ3n) is 4.21. The van der Waals surface area contributed by atoms with Crippen LogP contribution in [0.1, 0.15) is 24.5 Å². The van der Waals surface area contributed by atoms with E-state index in [1.165, 1.54) is 11.3 Å². The molecule has 26 heavy (non-hydrogen) atoms. The van der Waals surface area contributed by atoms with Gasteiger partial charge in [0, 0.05) is 19.5 Å². The van der Waals surface area contributed by atoms with Crippen molar-refractivity contribution < 1.29 is 17.9 Å². The van der Waals surface area contributed by atoms with Crippen LogP contribution in [0.3, 0.4) is 0 Å². The van der Waals surface area contributed by atoms with E-state index in [2.05, 4.69) is 4.72 Å². The number of nitrogens with zero attached hydrogens (tertiary/aromatic N) is 1. The van der Waals surface area contributed by atoms with Crippen molar-refractivity contribution in [1.29, 1.82) is 0 Å². The number of thiophene rings is 1. The van der Waals surface area contributed by atoms with E-state index >= 15 is 0 Å². The van der Waals surface area contributed by atoms with Crippen LogP contribution in [0.4, 0.5) is 0 Å². The maximum Gasteiger partial charge on any atom is 0.250 e. The maximum atomic E-state index is 12.4. The number of hydrogen-bond acceptors (Lipinski definition) is 5. The molecule has 0 aliphatic carbocycles. The molecule has 1 aliphatic rings. The van der Waals surface area contributed by atoms with Gasteiger partial charge in [0.25, 0.3) is 0 Å². The SMILES string of the molecule is O=C(CCCNS(=O)(=O)c1cccs1)N1CCOC(c2ccccc2)C1. The summed E-state index contributed by atoms with van der Waals surface area (Å²) >= 11 is 1.18. The van der Waals surface area contributed by atoms with Crippen molar-refractivity contribution in [3.63, 3.8) is 0 Å². The van der Waals surface area contributed by atoms with Gasteiger partial charge >= 0.3 is 0 Å². The maximum absolute atomic E-state index is 12.4. The first kappa shape index (κ1) is 19.0. The highest BCUT2D eigenvalue weighted by atomic mass is 32.2. The molecule has 0 bridgehead atoms. The van der Waals surface area contributed by atoms with Crippen LogP contribution in [0.2, 0.25) is 0 Å². The molecule has 2 aromatic rings. The number of amides is 1. The normalized spacial score (nSPS) is 18.0. The van der Waals surface area contributed by atoms with Crippen LogP contribution in [0.5, 0.6) is 0 Å². The number of rotatable bonds is 7. The monoisotopic (exact) mass is 394 g/mol. The van der Waals surface area contributed by atoms with Gasteiger partial charge in [-0.2, -0.15) is 0 Å². The Kier molecular flexibility index (Phi) is 6.42. The van der Waals surface area contributed by atoms with Crippen LogP contribution >= 0.6 is 11.3 Å². The van der Waals surface area contributed by atoms with Gasteiger partial charge in [-0.3, -0.25) is 4.79 Å². The van der Waals surface area contributed by atoms with Gasteiger partial charge < -0.3 is 9.64 Å².